The number of para-hydroxylation sites is 1. The van der Waals surface area contributed by atoms with Crippen LogP contribution in [0.5, 0.6) is 0 Å². The summed E-state index contributed by atoms with van der Waals surface area (Å²) >= 11 is 0. The maximum atomic E-state index is 2.42. The minimum absolute atomic E-state index is 0.464. The van der Waals surface area contributed by atoms with Crippen molar-refractivity contribution in [1.82, 2.24) is 0 Å². The van der Waals surface area contributed by atoms with Gasteiger partial charge in [-0.15, -0.1) is 0 Å². The van der Waals surface area contributed by atoms with Crippen molar-refractivity contribution in [1.29, 1.82) is 0 Å². The molecule has 0 bridgehead atoms. The van der Waals surface area contributed by atoms with E-state index in [4.69, 9.17) is 0 Å². The van der Waals surface area contributed by atoms with Crippen LogP contribution in [0.4, 0.5) is 17.1 Å². The van der Waals surface area contributed by atoms with Gasteiger partial charge in [-0.25, -0.2) is 0 Å². The average molecular weight is 916 g/mol. The highest BCUT2D eigenvalue weighted by Gasteiger charge is 2.46. The van der Waals surface area contributed by atoms with Crippen LogP contribution in [0.2, 0.25) is 0 Å². The highest BCUT2D eigenvalue weighted by atomic mass is 15.1. The summed E-state index contributed by atoms with van der Waals surface area (Å²) in [5, 5.41) is 2.50. The van der Waals surface area contributed by atoms with Gasteiger partial charge in [-0.05, 0) is 125 Å². The van der Waals surface area contributed by atoms with Crippen molar-refractivity contribution < 1.29 is 0 Å². The summed E-state index contributed by atoms with van der Waals surface area (Å²) in [6, 6.07) is 109. The number of benzene rings is 12. The second-order valence-electron chi connectivity index (χ2n) is 18.7. The molecule has 0 aromatic heterocycles. The van der Waals surface area contributed by atoms with Gasteiger partial charge in [0, 0.05) is 16.9 Å². The van der Waals surface area contributed by atoms with Crippen molar-refractivity contribution in [3.63, 3.8) is 0 Å². The summed E-state index contributed by atoms with van der Waals surface area (Å²) in [5.74, 6) is 0. The van der Waals surface area contributed by atoms with E-state index in [-0.39, 0.29) is 0 Å². The maximum Gasteiger partial charge on any atom is 0.0713 e. The van der Waals surface area contributed by atoms with Crippen molar-refractivity contribution in [2.75, 3.05) is 4.90 Å². The standard InChI is InChI=1S/C71H49N/c1-4-18-50(19-5-1)51-34-36-52(37-35-51)53-42-46-60(47-43-53)72(69-33-15-13-27-64(69)56-40-38-55(39-41-56)63-29-16-21-54-20-10-11-26-62(54)63)61-48-44-57(45-49-61)65-30-17-32-68-70(65)66-28-12-14-31-67(66)71(68,58-22-6-2-7-23-58)59-24-8-3-9-25-59/h1-49H. The lowest BCUT2D eigenvalue weighted by Gasteiger charge is -2.34. The van der Waals surface area contributed by atoms with E-state index in [0.717, 1.165) is 28.2 Å². The molecule has 1 aliphatic carbocycles. The zero-order chi connectivity index (χ0) is 47.8. The van der Waals surface area contributed by atoms with Gasteiger partial charge < -0.3 is 4.90 Å². The van der Waals surface area contributed by atoms with E-state index in [1.165, 1.54) is 88.7 Å². The van der Waals surface area contributed by atoms with E-state index >= 15 is 0 Å². The molecule has 1 aliphatic rings. The summed E-state index contributed by atoms with van der Waals surface area (Å²) < 4.78 is 0. The summed E-state index contributed by atoms with van der Waals surface area (Å²) in [5.41, 5.74) is 22.4. The van der Waals surface area contributed by atoms with E-state index in [1.54, 1.807) is 0 Å². The fraction of sp³-hybridized carbons (Fsp3) is 0.0141. The van der Waals surface area contributed by atoms with E-state index in [9.17, 15) is 0 Å². The van der Waals surface area contributed by atoms with Crippen LogP contribution in [0.3, 0.4) is 0 Å². The van der Waals surface area contributed by atoms with Gasteiger partial charge in [0.1, 0.15) is 0 Å². The Hall–Kier alpha value is -9.30. The molecule has 0 heterocycles. The van der Waals surface area contributed by atoms with E-state index in [2.05, 4.69) is 302 Å². The van der Waals surface area contributed by atoms with Crippen LogP contribution in [0, 0.1) is 0 Å². The molecule has 0 aliphatic heterocycles. The highest BCUT2D eigenvalue weighted by Crippen LogP contribution is 2.58. The lowest BCUT2D eigenvalue weighted by molar-refractivity contribution is 0.768. The maximum absolute atomic E-state index is 2.42. The molecule has 12 aromatic rings. The largest absolute Gasteiger partial charge is 0.310 e. The molecular formula is C71H49N. The number of fused-ring (bicyclic) bond motifs is 4. The monoisotopic (exact) mass is 915 g/mol. The van der Waals surface area contributed by atoms with Crippen molar-refractivity contribution in [2.45, 2.75) is 5.41 Å². The quantitative estimate of drug-likeness (QED) is 0.132. The summed E-state index contributed by atoms with van der Waals surface area (Å²) in [4.78, 5) is 2.42. The molecule has 0 radical (unpaired) electrons. The molecule has 0 unspecified atom stereocenters. The SMILES string of the molecule is c1ccc(-c2ccc(-c3ccc(N(c4ccc(-c5cccc6c5-c5ccccc5C6(c5ccccc5)c5ccccc5)cc4)c4ccccc4-c4ccc(-c5cccc6ccccc56)cc4)cc3)cc2)cc1. The van der Waals surface area contributed by atoms with Crippen molar-refractivity contribution in [2.24, 2.45) is 0 Å². The Morgan fingerprint density at radius 1 is 0.236 bits per heavy atom. The Labute approximate surface area is 422 Å². The van der Waals surface area contributed by atoms with Crippen LogP contribution in [0.1, 0.15) is 22.3 Å². The first kappa shape index (κ1) is 42.8. The Morgan fingerprint density at radius 3 is 1.26 bits per heavy atom. The molecule has 12 aromatic carbocycles. The van der Waals surface area contributed by atoms with Gasteiger partial charge in [-0.2, -0.15) is 0 Å². The number of hydrogen-bond donors (Lipinski definition) is 0. The topological polar surface area (TPSA) is 3.24 Å². The van der Waals surface area contributed by atoms with Gasteiger partial charge in [0.05, 0.1) is 11.1 Å². The van der Waals surface area contributed by atoms with Gasteiger partial charge in [-0.3, -0.25) is 0 Å². The Bertz CT molecular complexity index is 3810. The molecule has 0 N–H and O–H groups in total. The predicted molar refractivity (Wildman–Crippen MR) is 303 cm³/mol. The van der Waals surface area contributed by atoms with Crippen LogP contribution >= 0.6 is 0 Å². The van der Waals surface area contributed by atoms with E-state index in [1.807, 2.05) is 0 Å². The van der Waals surface area contributed by atoms with Gasteiger partial charge in [0.15, 0.2) is 0 Å². The second kappa shape index (κ2) is 18.2. The Balaban J connectivity index is 0.921. The third-order valence-electron chi connectivity index (χ3n) is 14.8. The predicted octanol–water partition coefficient (Wildman–Crippen LogP) is 19.0. The zero-order valence-corrected chi connectivity index (χ0v) is 39.7. The first-order valence-electron chi connectivity index (χ1n) is 24.9. The number of nitrogens with zero attached hydrogens (tertiary/aromatic N) is 1. The van der Waals surface area contributed by atoms with E-state index in [0.29, 0.717) is 0 Å². The van der Waals surface area contributed by atoms with Gasteiger partial charge in [-0.1, -0.05) is 267 Å². The molecule has 0 spiro atoms. The van der Waals surface area contributed by atoms with Crippen LogP contribution in [-0.2, 0) is 5.41 Å². The molecule has 0 amide bonds. The lowest BCUT2D eigenvalue weighted by atomic mass is 9.67. The first-order chi connectivity index (χ1) is 35.7. The summed E-state index contributed by atoms with van der Waals surface area (Å²) in [7, 11) is 0. The number of anilines is 3. The lowest BCUT2D eigenvalue weighted by Crippen LogP contribution is -2.28. The molecular weight excluding hydrogens is 867 g/mol. The smallest absolute Gasteiger partial charge is 0.0713 e. The Morgan fingerprint density at radius 2 is 0.625 bits per heavy atom. The van der Waals surface area contributed by atoms with Crippen LogP contribution in [0.15, 0.2) is 297 Å². The highest BCUT2D eigenvalue weighted by molar-refractivity contribution is 5.98. The molecule has 0 saturated carbocycles. The number of rotatable bonds is 10. The molecule has 0 saturated heterocycles. The van der Waals surface area contributed by atoms with Gasteiger partial charge in [0.2, 0.25) is 0 Å². The average Bonchev–Trinajstić information content (AvgIpc) is 3.78. The molecule has 72 heavy (non-hydrogen) atoms. The first-order valence-corrected chi connectivity index (χ1v) is 24.9. The minimum atomic E-state index is -0.464. The molecule has 0 fully saturated rings. The van der Waals surface area contributed by atoms with Crippen molar-refractivity contribution >= 4 is 27.8 Å². The molecule has 13 rings (SSSR count). The fourth-order valence-corrected chi connectivity index (χ4v) is 11.5. The molecule has 0 atom stereocenters. The summed E-state index contributed by atoms with van der Waals surface area (Å²) in [6.45, 7) is 0. The van der Waals surface area contributed by atoms with Gasteiger partial charge in [0.25, 0.3) is 0 Å². The van der Waals surface area contributed by atoms with Crippen molar-refractivity contribution in [3.8, 4) is 66.8 Å². The summed E-state index contributed by atoms with van der Waals surface area (Å²) in [6.07, 6.45) is 0. The van der Waals surface area contributed by atoms with Crippen LogP contribution < -0.4 is 4.90 Å². The third kappa shape index (κ3) is 7.34. The molecule has 1 nitrogen and oxygen atoms in total. The zero-order valence-electron chi connectivity index (χ0n) is 39.7. The Kier molecular flexibility index (Phi) is 10.8. The normalized spacial score (nSPS) is 12.3. The number of hydrogen-bond acceptors (Lipinski definition) is 1. The third-order valence-corrected chi connectivity index (χ3v) is 14.8. The fourth-order valence-electron chi connectivity index (χ4n) is 11.5. The van der Waals surface area contributed by atoms with Crippen molar-refractivity contribution in [3.05, 3.63) is 320 Å². The van der Waals surface area contributed by atoms with Crippen LogP contribution in [0.25, 0.3) is 77.5 Å². The van der Waals surface area contributed by atoms with Crippen LogP contribution in [-0.4, -0.2) is 0 Å². The molecule has 338 valence electrons. The van der Waals surface area contributed by atoms with E-state index < -0.39 is 5.41 Å². The minimum Gasteiger partial charge on any atom is -0.310 e. The molecule has 1 heteroatoms. The van der Waals surface area contributed by atoms with Gasteiger partial charge >= 0.3 is 0 Å². The second-order valence-corrected chi connectivity index (χ2v) is 18.7.